The van der Waals surface area contributed by atoms with Crippen LogP contribution in [0.15, 0.2) is 35.1 Å². The maximum atomic E-state index is 8.93. The van der Waals surface area contributed by atoms with E-state index < -0.39 is 0 Å². The minimum atomic E-state index is 0.493. The topological polar surface area (TPSA) is 50.8 Å². The minimum Gasteiger partial charge on any atom is -0.453 e. The Kier molecular flexibility index (Phi) is 2.93. The summed E-state index contributed by atoms with van der Waals surface area (Å²) in [5.74, 6) is 1.13. The molecule has 0 bridgehead atoms. The molecule has 0 unspecified atom stereocenters. The number of hydrogen-bond acceptors (Lipinski definition) is 3. The molecule has 0 aliphatic rings. The van der Waals surface area contributed by atoms with Crippen molar-refractivity contribution in [3.8, 4) is 17.6 Å². The molecule has 0 fully saturated rings. The van der Waals surface area contributed by atoms with Gasteiger partial charge in [0.25, 0.3) is 0 Å². The molecule has 0 aliphatic carbocycles. The highest BCUT2D eigenvalue weighted by atomic mass is 79.9. The molecule has 1 aromatic carbocycles. The van der Waals surface area contributed by atoms with Crippen molar-refractivity contribution in [1.82, 2.24) is 9.78 Å². The second-order valence-electron chi connectivity index (χ2n) is 3.20. The summed E-state index contributed by atoms with van der Waals surface area (Å²) in [6.45, 7) is 0. The van der Waals surface area contributed by atoms with E-state index in [4.69, 9.17) is 10.00 Å². The van der Waals surface area contributed by atoms with E-state index in [1.54, 1.807) is 42.3 Å². The van der Waals surface area contributed by atoms with E-state index in [0.29, 0.717) is 17.1 Å². The van der Waals surface area contributed by atoms with Gasteiger partial charge in [0.15, 0.2) is 5.75 Å². The molecule has 5 heteroatoms. The lowest BCUT2D eigenvalue weighted by Crippen LogP contribution is -1.87. The van der Waals surface area contributed by atoms with E-state index in [9.17, 15) is 0 Å². The summed E-state index contributed by atoms with van der Waals surface area (Å²) >= 11 is 3.33. The number of ether oxygens (including phenoxy) is 1. The van der Waals surface area contributed by atoms with E-state index in [-0.39, 0.29) is 0 Å². The average Bonchev–Trinajstić information content (AvgIpc) is 2.64. The normalized spacial score (nSPS) is 9.81. The Morgan fingerprint density at radius 3 is 2.94 bits per heavy atom. The van der Waals surface area contributed by atoms with Crippen LogP contribution in [-0.4, -0.2) is 9.78 Å². The Morgan fingerprint density at radius 1 is 1.50 bits per heavy atom. The van der Waals surface area contributed by atoms with Gasteiger partial charge in [-0.3, -0.25) is 4.68 Å². The molecule has 0 saturated heterocycles. The van der Waals surface area contributed by atoms with Crippen LogP contribution in [0.2, 0.25) is 0 Å². The van der Waals surface area contributed by atoms with E-state index in [1.807, 2.05) is 0 Å². The maximum Gasteiger partial charge on any atom is 0.165 e. The third-order valence-corrected chi connectivity index (χ3v) is 2.47. The first-order chi connectivity index (χ1) is 7.69. The molecular weight excluding hydrogens is 270 g/mol. The molecule has 16 heavy (non-hydrogen) atoms. The number of nitrogens with zero attached hydrogens (tertiary/aromatic N) is 3. The van der Waals surface area contributed by atoms with Crippen LogP contribution in [0.3, 0.4) is 0 Å². The van der Waals surface area contributed by atoms with Crippen LogP contribution in [0.4, 0.5) is 0 Å². The van der Waals surface area contributed by atoms with Gasteiger partial charge in [0, 0.05) is 11.5 Å². The predicted molar refractivity (Wildman–Crippen MR) is 62.1 cm³/mol. The fourth-order valence-corrected chi connectivity index (χ4v) is 1.59. The third-order valence-electron chi connectivity index (χ3n) is 1.97. The summed E-state index contributed by atoms with van der Waals surface area (Å²) in [7, 11) is 1.80. The van der Waals surface area contributed by atoms with Crippen molar-refractivity contribution in [3.63, 3.8) is 0 Å². The van der Waals surface area contributed by atoms with Gasteiger partial charge in [-0.2, -0.15) is 10.4 Å². The molecule has 0 spiro atoms. The van der Waals surface area contributed by atoms with Crippen molar-refractivity contribution >= 4 is 15.9 Å². The van der Waals surface area contributed by atoms with Crippen LogP contribution < -0.4 is 4.74 Å². The zero-order valence-corrected chi connectivity index (χ0v) is 10.1. The van der Waals surface area contributed by atoms with E-state index >= 15 is 0 Å². The van der Waals surface area contributed by atoms with Gasteiger partial charge in [-0.15, -0.1) is 0 Å². The minimum absolute atomic E-state index is 0.493. The average molecular weight is 278 g/mol. The Bertz CT molecular complexity index is 557. The number of halogens is 1. The standard InChI is InChI=1S/C11H8BrN3O/c1-15-7-10(6-14-15)16-11-4-9(12)3-2-8(11)5-13/h2-4,6-7H,1H3. The molecule has 0 saturated carbocycles. The third kappa shape index (κ3) is 2.23. The van der Waals surface area contributed by atoms with Crippen molar-refractivity contribution in [2.24, 2.45) is 7.05 Å². The van der Waals surface area contributed by atoms with Gasteiger partial charge in [0.05, 0.1) is 18.0 Å². The zero-order chi connectivity index (χ0) is 11.5. The van der Waals surface area contributed by atoms with Crippen molar-refractivity contribution < 1.29 is 4.74 Å². The first-order valence-electron chi connectivity index (χ1n) is 4.55. The molecule has 0 N–H and O–H groups in total. The number of aryl methyl sites for hydroxylation is 1. The predicted octanol–water partition coefficient (Wildman–Crippen LogP) is 2.85. The van der Waals surface area contributed by atoms with Gasteiger partial charge in [-0.05, 0) is 18.2 Å². The van der Waals surface area contributed by atoms with E-state index in [1.165, 1.54) is 0 Å². The summed E-state index contributed by atoms with van der Waals surface area (Å²) in [4.78, 5) is 0. The van der Waals surface area contributed by atoms with E-state index in [0.717, 1.165) is 4.47 Å². The molecule has 1 aromatic heterocycles. The van der Waals surface area contributed by atoms with Crippen LogP contribution in [0.25, 0.3) is 0 Å². The molecule has 0 aliphatic heterocycles. The first-order valence-corrected chi connectivity index (χ1v) is 5.34. The van der Waals surface area contributed by atoms with Crippen molar-refractivity contribution in [2.75, 3.05) is 0 Å². The highest BCUT2D eigenvalue weighted by Crippen LogP contribution is 2.27. The van der Waals surface area contributed by atoms with Gasteiger partial charge >= 0.3 is 0 Å². The van der Waals surface area contributed by atoms with Gasteiger partial charge in [0.1, 0.15) is 11.8 Å². The SMILES string of the molecule is Cn1cc(Oc2cc(Br)ccc2C#N)cn1. The van der Waals surface area contributed by atoms with Crippen LogP contribution in [0.5, 0.6) is 11.5 Å². The molecule has 1 heterocycles. The zero-order valence-electron chi connectivity index (χ0n) is 8.51. The smallest absolute Gasteiger partial charge is 0.165 e. The summed E-state index contributed by atoms with van der Waals surface area (Å²) in [5.41, 5.74) is 0.493. The highest BCUT2D eigenvalue weighted by Gasteiger charge is 2.06. The Hall–Kier alpha value is -1.80. The molecule has 2 rings (SSSR count). The van der Waals surface area contributed by atoms with Crippen LogP contribution in [0, 0.1) is 11.3 Å². The summed E-state index contributed by atoms with van der Waals surface area (Å²) in [6.07, 6.45) is 3.34. The van der Waals surface area contributed by atoms with E-state index in [2.05, 4.69) is 27.1 Å². The molecular formula is C11H8BrN3O. The molecule has 80 valence electrons. The van der Waals surface area contributed by atoms with Crippen LogP contribution >= 0.6 is 15.9 Å². The lowest BCUT2D eigenvalue weighted by molar-refractivity contribution is 0.480. The quantitative estimate of drug-likeness (QED) is 0.848. The van der Waals surface area contributed by atoms with Crippen molar-refractivity contribution in [2.45, 2.75) is 0 Å². The van der Waals surface area contributed by atoms with Crippen LogP contribution in [0.1, 0.15) is 5.56 Å². The fourth-order valence-electron chi connectivity index (χ4n) is 1.25. The molecule has 0 atom stereocenters. The Balaban J connectivity index is 2.34. The lowest BCUT2D eigenvalue weighted by Gasteiger charge is -2.04. The Labute approximate surface area is 101 Å². The van der Waals surface area contributed by atoms with Crippen molar-refractivity contribution in [1.29, 1.82) is 5.26 Å². The molecule has 4 nitrogen and oxygen atoms in total. The number of rotatable bonds is 2. The lowest BCUT2D eigenvalue weighted by atomic mass is 10.2. The number of hydrogen-bond donors (Lipinski definition) is 0. The Morgan fingerprint density at radius 2 is 2.31 bits per heavy atom. The van der Waals surface area contributed by atoms with Crippen molar-refractivity contribution in [3.05, 3.63) is 40.6 Å². The summed E-state index contributed by atoms with van der Waals surface area (Å²) in [6, 6.07) is 7.34. The molecule has 2 aromatic rings. The maximum absolute atomic E-state index is 8.93. The molecule has 0 amide bonds. The van der Waals surface area contributed by atoms with Crippen LogP contribution in [-0.2, 0) is 7.05 Å². The number of benzene rings is 1. The van der Waals surface area contributed by atoms with Gasteiger partial charge < -0.3 is 4.74 Å². The number of nitriles is 1. The number of aromatic nitrogens is 2. The second-order valence-corrected chi connectivity index (χ2v) is 4.12. The summed E-state index contributed by atoms with van der Waals surface area (Å²) in [5, 5.41) is 12.9. The van der Waals surface area contributed by atoms with Gasteiger partial charge in [-0.1, -0.05) is 15.9 Å². The van der Waals surface area contributed by atoms with Gasteiger partial charge in [0.2, 0.25) is 0 Å². The summed E-state index contributed by atoms with van der Waals surface area (Å²) < 4.78 is 8.07. The monoisotopic (exact) mass is 277 g/mol. The fraction of sp³-hybridized carbons (Fsp3) is 0.0909. The second kappa shape index (κ2) is 4.37. The first kappa shape index (κ1) is 10.7. The van der Waals surface area contributed by atoms with Gasteiger partial charge in [-0.25, -0.2) is 0 Å². The molecule has 0 radical (unpaired) electrons. The largest absolute Gasteiger partial charge is 0.453 e. The highest BCUT2D eigenvalue weighted by molar-refractivity contribution is 9.10.